The molecule has 0 aromatic heterocycles. The molecule has 0 amide bonds. The third-order valence-corrected chi connectivity index (χ3v) is 1.61. The molecule has 0 spiro atoms. The molecule has 1 fully saturated rings. The van der Waals surface area contributed by atoms with Crippen molar-refractivity contribution in [1.82, 2.24) is 5.32 Å². The molecule has 1 heterocycles. The van der Waals surface area contributed by atoms with E-state index in [-0.39, 0.29) is 21.1 Å². The van der Waals surface area contributed by atoms with E-state index in [1.54, 1.807) is 0 Å². The van der Waals surface area contributed by atoms with Gasteiger partial charge in [0.25, 0.3) is 0 Å². The minimum atomic E-state index is 0. The van der Waals surface area contributed by atoms with Crippen LogP contribution >= 0.6 is 0 Å². The molecule has 2 unspecified atom stereocenters. The third kappa shape index (κ3) is 3.37. The van der Waals surface area contributed by atoms with Crippen LogP contribution in [0, 0.1) is 6.42 Å². The Morgan fingerprint density at radius 1 is 1.22 bits per heavy atom. The number of hydrogen-bond acceptors (Lipinski definition) is 1. The van der Waals surface area contributed by atoms with E-state index in [0.717, 1.165) is 0 Å². The molecule has 0 saturated carbocycles. The van der Waals surface area contributed by atoms with Gasteiger partial charge in [0.05, 0.1) is 0 Å². The van der Waals surface area contributed by atoms with Crippen LogP contribution in [-0.2, 0) is 21.1 Å². The van der Waals surface area contributed by atoms with Crippen LogP contribution in [0.25, 0.3) is 0 Å². The average molecular weight is 296 g/mol. The van der Waals surface area contributed by atoms with Crippen molar-refractivity contribution in [2.45, 2.75) is 38.8 Å². The third-order valence-electron chi connectivity index (χ3n) is 1.61. The number of rotatable bonds is 0. The van der Waals surface area contributed by atoms with Crippen LogP contribution in [0.15, 0.2) is 0 Å². The molecule has 0 aromatic rings. The Kier molecular flexibility index (Phi) is 4.78. The predicted octanol–water partition coefficient (Wildman–Crippen LogP) is 1.35. The van der Waals surface area contributed by atoms with Gasteiger partial charge < -0.3 is 11.7 Å². The van der Waals surface area contributed by atoms with Crippen molar-refractivity contribution in [3.8, 4) is 0 Å². The van der Waals surface area contributed by atoms with Gasteiger partial charge in [-0.2, -0.15) is 12.8 Å². The Hall–Kier alpha value is 0.648. The molecule has 1 rings (SSSR count). The molecule has 0 aliphatic carbocycles. The zero-order valence-corrected chi connectivity index (χ0v) is 8.99. The summed E-state index contributed by atoms with van der Waals surface area (Å²) in [5, 5.41) is 3.45. The minimum Gasteiger partial charge on any atom is -0.326 e. The average Bonchev–Trinajstić information content (AvgIpc) is 1.64. The molecule has 1 saturated heterocycles. The van der Waals surface area contributed by atoms with Crippen LogP contribution in [0.5, 0.6) is 0 Å². The number of piperidine rings is 1. The summed E-state index contributed by atoms with van der Waals surface area (Å²) >= 11 is 0. The van der Waals surface area contributed by atoms with E-state index in [2.05, 4.69) is 25.6 Å². The van der Waals surface area contributed by atoms with E-state index in [0.29, 0.717) is 12.1 Å². The van der Waals surface area contributed by atoms with Crippen molar-refractivity contribution in [2.75, 3.05) is 0 Å². The Morgan fingerprint density at radius 2 is 1.67 bits per heavy atom. The molecule has 9 heavy (non-hydrogen) atoms. The van der Waals surface area contributed by atoms with Crippen LogP contribution in [0.2, 0.25) is 0 Å². The zero-order chi connectivity index (χ0) is 5.98. The summed E-state index contributed by atoms with van der Waals surface area (Å²) in [7, 11) is 0. The van der Waals surface area contributed by atoms with Gasteiger partial charge >= 0.3 is 0 Å². The Labute approximate surface area is 71.9 Å². The molecular weight excluding hydrogens is 282 g/mol. The first-order valence-electron chi connectivity index (χ1n) is 3.37. The molecule has 54 valence electrons. The maximum Gasteiger partial charge on any atom is 0 e. The van der Waals surface area contributed by atoms with Crippen molar-refractivity contribution in [3.05, 3.63) is 6.42 Å². The molecule has 2 atom stereocenters. The fourth-order valence-electron chi connectivity index (χ4n) is 1.22. The molecule has 1 nitrogen and oxygen atoms in total. The number of hydrogen-bond donors (Lipinski definition) is 1. The maximum absolute atomic E-state index is 3.45. The van der Waals surface area contributed by atoms with Crippen molar-refractivity contribution in [1.29, 1.82) is 0 Å². The molecule has 0 aromatic carbocycles. The van der Waals surface area contributed by atoms with Crippen molar-refractivity contribution in [2.24, 2.45) is 0 Å². The second kappa shape index (κ2) is 4.46. The summed E-state index contributed by atoms with van der Waals surface area (Å²) in [5.41, 5.74) is 0. The van der Waals surface area contributed by atoms with E-state index >= 15 is 0 Å². The fourth-order valence-corrected chi connectivity index (χ4v) is 1.22. The van der Waals surface area contributed by atoms with Crippen LogP contribution in [0.4, 0.5) is 0 Å². The van der Waals surface area contributed by atoms with E-state index in [9.17, 15) is 0 Å². The van der Waals surface area contributed by atoms with Gasteiger partial charge in [0.2, 0.25) is 0 Å². The molecule has 1 aliphatic rings. The van der Waals surface area contributed by atoms with Gasteiger partial charge in [0.15, 0.2) is 0 Å². The molecule has 2 heteroatoms. The Balaban J connectivity index is 0.000000640. The summed E-state index contributed by atoms with van der Waals surface area (Å²) in [4.78, 5) is 0. The molecule has 0 radical (unpaired) electrons. The minimum absolute atomic E-state index is 0. The van der Waals surface area contributed by atoms with E-state index in [1.807, 2.05) is 0 Å². The van der Waals surface area contributed by atoms with Crippen LogP contribution in [-0.4, -0.2) is 12.1 Å². The summed E-state index contributed by atoms with van der Waals surface area (Å²) in [6, 6.07) is 1.41. The van der Waals surface area contributed by atoms with Gasteiger partial charge in [-0.05, 0) is 12.1 Å². The molecule has 0 bridgehead atoms. The molecule has 1 aliphatic heterocycles. The van der Waals surface area contributed by atoms with Gasteiger partial charge in [0.1, 0.15) is 0 Å². The smallest absolute Gasteiger partial charge is 0 e. The van der Waals surface area contributed by atoms with Gasteiger partial charge in [0, 0.05) is 21.1 Å². The van der Waals surface area contributed by atoms with Crippen LogP contribution < -0.4 is 5.32 Å². The van der Waals surface area contributed by atoms with Crippen molar-refractivity contribution in [3.63, 3.8) is 0 Å². The Bertz CT molecular complexity index is 67.3. The summed E-state index contributed by atoms with van der Waals surface area (Å²) < 4.78 is 0. The summed E-state index contributed by atoms with van der Waals surface area (Å²) in [5.74, 6) is 0. The first-order chi connectivity index (χ1) is 3.79. The summed E-state index contributed by atoms with van der Waals surface area (Å²) in [6.45, 7) is 4.46. The standard InChI is InChI=1S/C7H14N.W/c1-6-4-3-5-7(2)8-6;/h3,6-8H,4-5H2,1-2H3;/q-1;. The monoisotopic (exact) mass is 296 g/mol. The molecular formula is C7H14NW-. The summed E-state index contributed by atoms with van der Waals surface area (Å²) in [6.07, 6.45) is 4.85. The quantitative estimate of drug-likeness (QED) is 0.665. The zero-order valence-electron chi connectivity index (χ0n) is 6.05. The predicted molar refractivity (Wildman–Crippen MR) is 35.6 cm³/mol. The van der Waals surface area contributed by atoms with Crippen LogP contribution in [0.1, 0.15) is 26.7 Å². The first-order valence-corrected chi connectivity index (χ1v) is 3.37. The SMILES string of the molecule is CC1C[CH-]CC(C)N1.[W]. The van der Waals surface area contributed by atoms with Gasteiger partial charge in [-0.15, -0.1) is 0 Å². The fraction of sp³-hybridized carbons (Fsp3) is 0.857. The largest absolute Gasteiger partial charge is 0.326 e. The second-order valence-corrected chi connectivity index (χ2v) is 2.73. The number of nitrogens with one attached hydrogen (secondary N) is 1. The van der Waals surface area contributed by atoms with Crippen molar-refractivity contribution < 1.29 is 21.1 Å². The van der Waals surface area contributed by atoms with Gasteiger partial charge in [-0.1, -0.05) is 13.8 Å². The van der Waals surface area contributed by atoms with Crippen molar-refractivity contribution >= 4 is 0 Å². The van der Waals surface area contributed by atoms with E-state index < -0.39 is 0 Å². The first kappa shape index (κ1) is 9.65. The molecule has 1 N–H and O–H groups in total. The van der Waals surface area contributed by atoms with E-state index in [1.165, 1.54) is 12.8 Å². The maximum atomic E-state index is 3.45. The van der Waals surface area contributed by atoms with Gasteiger partial charge in [-0.25, -0.2) is 0 Å². The van der Waals surface area contributed by atoms with Gasteiger partial charge in [-0.3, -0.25) is 0 Å². The van der Waals surface area contributed by atoms with E-state index in [4.69, 9.17) is 0 Å². The Morgan fingerprint density at radius 3 is 1.89 bits per heavy atom. The second-order valence-electron chi connectivity index (χ2n) is 2.73. The normalized spacial score (nSPS) is 35.3. The van der Waals surface area contributed by atoms with Crippen LogP contribution in [0.3, 0.4) is 0 Å². The topological polar surface area (TPSA) is 12.0 Å².